The van der Waals surface area contributed by atoms with Crippen LogP contribution in [-0.4, -0.2) is 47.5 Å². The van der Waals surface area contributed by atoms with E-state index in [4.69, 9.17) is 15.7 Å². The Bertz CT molecular complexity index is 662. The van der Waals surface area contributed by atoms with E-state index in [2.05, 4.69) is 10.1 Å². The van der Waals surface area contributed by atoms with Crippen molar-refractivity contribution in [2.75, 3.05) is 19.7 Å². The molecule has 1 aromatic rings. The number of carbonyl (C=O) groups is 1. The number of nitrogens with zero attached hydrogens (tertiary/aromatic N) is 2. The summed E-state index contributed by atoms with van der Waals surface area (Å²) < 4.78 is 43.9. The molecule has 1 aromatic carbocycles. The molecule has 9 heteroatoms. The third kappa shape index (κ3) is 4.85. The Morgan fingerprint density at radius 2 is 2.20 bits per heavy atom. The van der Waals surface area contributed by atoms with Crippen LogP contribution in [0.4, 0.5) is 13.2 Å². The molecule has 1 fully saturated rings. The van der Waals surface area contributed by atoms with Crippen molar-refractivity contribution in [1.82, 2.24) is 4.90 Å². The highest BCUT2D eigenvalue weighted by Crippen LogP contribution is 2.32. The van der Waals surface area contributed by atoms with E-state index >= 15 is 0 Å². The third-order valence-corrected chi connectivity index (χ3v) is 4.11. The zero-order valence-electron chi connectivity index (χ0n) is 13.7. The highest BCUT2D eigenvalue weighted by atomic mass is 19.4. The average molecular weight is 359 g/mol. The van der Waals surface area contributed by atoms with Gasteiger partial charge in [0.25, 0.3) is 5.91 Å². The SMILES string of the molecule is CC(CN1CCC[C@H]1COc1ccc(C(F)(F)F)cc1C(N)=O)=NO. The fourth-order valence-corrected chi connectivity index (χ4v) is 2.83. The number of rotatable bonds is 6. The van der Waals surface area contributed by atoms with Crippen LogP contribution in [0, 0.1) is 0 Å². The van der Waals surface area contributed by atoms with Crippen LogP contribution in [0.5, 0.6) is 5.75 Å². The number of oxime groups is 1. The number of halogens is 3. The number of nitrogens with two attached hydrogens (primary N) is 1. The van der Waals surface area contributed by atoms with E-state index in [0.29, 0.717) is 18.3 Å². The van der Waals surface area contributed by atoms with E-state index in [9.17, 15) is 18.0 Å². The molecule has 0 saturated carbocycles. The number of carbonyl (C=O) groups excluding carboxylic acids is 1. The quantitative estimate of drug-likeness (QED) is 0.464. The van der Waals surface area contributed by atoms with E-state index in [0.717, 1.165) is 31.5 Å². The molecule has 1 amide bonds. The predicted molar refractivity (Wildman–Crippen MR) is 84.9 cm³/mol. The van der Waals surface area contributed by atoms with Crippen LogP contribution in [0.2, 0.25) is 0 Å². The molecule has 0 radical (unpaired) electrons. The Kier molecular flexibility index (Phi) is 5.89. The third-order valence-electron chi connectivity index (χ3n) is 4.11. The lowest BCUT2D eigenvalue weighted by Crippen LogP contribution is -2.37. The van der Waals surface area contributed by atoms with Gasteiger partial charge in [0.05, 0.1) is 16.8 Å². The zero-order chi connectivity index (χ0) is 18.6. The summed E-state index contributed by atoms with van der Waals surface area (Å²) in [5.41, 5.74) is 4.48. The van der Waals surface area contributed by atoms with E-state index < -0.39 is 17.6 Å². The maximum Gasteiger partial charge on any atom is 0.416 e. The van der Waals surface area contributed by atoms with Gasteiger partial charge in [-0.1, -0.05) is 5.16 Å². The number of alkyl halides is 3. The van der Waals surface area contributed by atoms with Gasteiger partial charge in [-0.3, -0.25) is 9.69 Å². The summed E-state index contributed by atoms with van der Waals surface area (Å²) >= 11 is 0. The molecular formula is C16H20F3N3O3. The van der Waals surface area contributed by atoms with Crippen LogP contribution in [0.3, 0.4) is 0 Å². The molecule has 138 valence electrons. The Labute approximate surface area is 143 Å². The number of primary amides is 1. The molecule has 0 aliphatic carbocycles. The second kappa shape index (κ2) is 7.73. The maximum atomic E-state index is 12.8. The fourth-order valence-electron chi connectivity index (χ4n) is 2.83. The summed E-state index contributed by atoms with van der Waals surface area (Å²) in [6.45, 7) is 3.17. The second-order valence-corrected chi connectivity index (χ2v) is 5.99. The Morgan fingerprint density at radius 3 is 2.80 bits per heavy atom. The Morgan fingerprint density at radius 1 is 1.48 bits per heavy atom. The van der Waals surface area contributed by atoms with Gasteiger partial charge in [0.2, 0.25) is 0 Å². The van der Waals surface area contributed by atoms with Crippen LogP contribution in [0.1, 0.15) is 35.7 Å². The summed E-state index contributed by atoms with van der Waals surface area (Å²) in [5, 5.41) is 11.9. The molecule has 1 aliphatic heterocycles. The molecule has 0 spiro atoms. The first-order valence-corrected chi connectivity index (χ1v) is 7.77. The van der Waals surface area contributed by atoms with Crippen molar-refractivity contribution in [2.45, 2.75) is 32.0 Å². The Balaban J connectivity index is 2.10. The molecule has 0 bridgehead atoms. The normalized spacial score (nSPS) is 19.2. The molecular weight excluding hydrogens is 339 g/mol. The lowest BCUT2D eigenvalue weighted by molar-refractivity contribution is -0.137. The first-order chi connectivity index (χ1) is 11.7. The van der Waals surface area contributed by atoms with Gasteiger partial charge >= 0.3 is 6.18 Å². The van der Waals surface area contributed by atoms with Gasteiger partial charge in [-0.05, 0) is 44.5 Å². The van der Waals surface area contributed by atoms with Gasteiger partial charge < -0.3 is 15.7 Å². The number of likely N-dealkylation sites (tertiary alicyclic amines) is 1. The zero-order valence-corrected chi connectivity index (χ0v) is 13.7. The minimum atomic E-state index is -4.56. The Hall–Kier alpha value is -2.29. The molecule has 2 rings (SSSR count). The van der Waals surface area contributed by atoms with Crippen LogP contribution < -0.4 is 10.5 Å². The molecule has 1 atom stereocenters. The monoisotopic (exact) mass is 359 g/mol. The van der Waals surface area contributed by atoms with Crippen molar-refractivity contribution in [3.05, 3.63) is 29.3 Å². The largest absolute Gasteiger partial charge is 0.491 e. The first kappa shape index (κ1) is 19.0. The minimum Gasteiger partial charge on any atom is -0.491 e. The van der Waals surface area contributed by atoms with Crippen LogP contribution in [0.25, 0.3) is 0 Å². The molecule has 0 aromatic heterocycles. The van der Waals surface area contributed by atoms with Crippen molar-refractivity contribution in [1.29, 1.82) is 0 Å². The number of ether oxygens (including phenoxy) is 1. The van der Waals surface area contributed by atoms with Gasteiger partial charge in [-0.2, -0.15) is 13.2 Å². The first-order valence-electron chi connectivity index (χ1n) is 7.77. The van der Waals surface area contributed by atoms with E-state index in [1.165, 1.54) is 0 Å². The highest BCUT2D eigenvalue weighted by molar-refractivity contribution is 5.95. The average Bonchev–Trinajstić information content (AvgIpc) is 2.98. The number of hydrogen-bond acceptors (Lipinski definition) is 5. The summed E-state index contributed by atoms with van der Waals surface area (Å²) in [7, 11) is 0. The van der Waals surface area contributed by atoms with Crippen LogP contribution in [0.15, 0.2) is 23.4 Å². The summed E-state index contributed by atoms with van der Waals surface area (Å²) in [6.07, 6.45) is -2.79. The standard InChI is InChI=1S/C16H20F3N3O3/c1-10(21-24)8-22-6-2-3-12(22)9-25-14-5-4-11(16(17,18)19)7-13(14)15(20)23/h4-5,7,12,24H,2-3,6,8-9H2,1H3,(H2,20,23)/t12-/m0/s1. The lowest BCUT2D eigenvalue weighted by atomic mass is 10.1. The minimum absolute atomic E-state index is 0.0136. The van der Waals surface area contributed by atoms with E-state index in [1.807, 2.05) is 0 Å². The topological polar surface area (TPSA) is 88.2 Å². The summed E-state index contributed by atoms with van der Waals surface area (Å²) in [4.78, 5) is 13.5. The van der Waals surface area contributed by atoms with Gasteiger partial charge in [0.15, 0.2) is 0 Å². The summed E-state index contributed by atoms with van der Waals surface area (Å²) in [5.74, 6) is -0.951. The molecule has 25 heavy (non-hydrogen) atoms. The van der Waals surface area contributed by atoms with E-state index in [1.54, 1.807) is 6.92 Å². The molecule has 1 aliphatic rings. The molecule has 3 N–H and O–H groups in total. The van der Waals surface area contributed by atoms with Crippen LogP contribution >= 0.6 is 0 Å². The molecule has 0 unspecified atom stereocenters. The number of hydrogen-bond donors (Lipinski definition) is 2. The molecule has 6 nitrogen and oxygen atoms in total. The van der Waals surface area contributed by atoms with Gasteiger partial charge in [-0.15, -0.1) is 0 Å². The van der Waals surface area contributed by atoms with Gasteiger partial charge in [0.1, 0.15) is 12.4 Å². The lowest BCUT2D eigenvalue weighted by Gasteiger charge is -2.24. The highest BCUT2D eigenvalue weighted by Gasteiger charge is 2.32. The van der Waals surface area contributed by atoms with Gasteiger partial charge in [-0.25, -0.2) is 0 Å². The smallest absolute Gasteiger partial charge is 0.416 e. The molecule has 1 heterocycles. The predicted octanol–water partition coefficient (Wildman–Crippen LogP) is 2.50. The van der Waals surface area contributed by atoms with Gasteiger partial charge in [0, 0.05) is 12.6 Å². The number of amides is 1. The van der Waals surface area contributed by atoms with Crippen molar-refractivity contribution in [2.24, 2.45) is 10.9 Å². The van der Waals surface area contributed by atoms with Crippen molar-refractivity contribution >= 4 is 11.6 Å². The van der Waals surface area contributed by atoms with E-state index in [-0.39, 0.29) is 24.0 Å². The maximum absolute atomic E-state index is 12.8. The van der Waals surface area contributed by atoms with Crippen molar-refractivity contribution in [3.63, 3.8) is 0 Å². The van der Waals surface area contributed by atoms with Crippen LogP contribution in [-0.2, 0) is 6.18 Å². The van der Waals surface area contributed by atoms with Crippen molar-refractivity contribution in [3.8, 4) is 5.75 Å². The second-order valence-electron chi connectivity index (χ2n) is 5.99. The fraction of sp³-hybridized carbons (Fsp3) is 0.500. The van der Waals surface area contributed by atoms with Crippen molar-refractivity contribution < 1.29 is 27.9 Å². The summed E-state index contributed by atoms with van der Waals surface area (Å²) in [6, 6.07) is 2.69. The number of benzene rings is 1. The molecule has 1 saturated heterocycles.